The Labute approximate surface area is 137 Å². The van der Waals surface area contributed by atoms with Gasteiger partial charge >= 0.3 is 0 Å². The van der Waals surface area contributed by atoms with Gasteiger partial charge in [-0.15, -0.1) is 0 Å². The van der Waals surface area contributed by atoms with Gasteiger partial charge in [-0.3, -0.25) is 9.59 Å². The molecule has 2 aliphatic rings. The molecule has 7 heteroatoms. The summed E-state index contributed by atoms with van der Waals surface area (Å²) in [4.78, 5) is 36.5. The van der Waals surface area contributed by atoms with E-state index in [1.165, 1.54) is 17.7 Å². The van der Waals surface area contributed by atoms with Crippen molar-refractivity contribution in [3.05, 3.63) is 41.1 Å². The molecule has 1 spiro atoms. The standard InChI is InChI=1S/C16H16N4O2S/c21-14-5-16(10-20(14)13-6-17-11-18-7-13)2-3-19(9-16)15(22)12-1-4-23-8-12/h1,4,6-8,11H,2-3,5,9-10H2/t16-/m1/s1. The number of thiophene rings is 1. The molecule has 2 amide bonds. The molecule has 0 saturated carbocycles. The van der Waals surface area contributed by atoms with Gasteiger partial charge < -0.3 is 9.80 Å². The molecule has 2 saturated heterocycles. The number of likely N-dealkylation sites (tertiary alicyclic amines) is 1. The number of hydrogen-bond acceptors (Lipinski definition) is 5. The normalized spacial score (nSPS) is 23.9. The maximum atomic E-state index is 12.5. The summed E-state index contributed by atoms with van der Waals surface area (Å²) in [7, 11) is 0. The van der Waals surface area contributed by atoms with Crippen molar-refractivity contribution in [1.82, 2.24) is 14.9 Å². The van der Waals surface area contributed by atoms with Gasteiger partial charge in [0, 0.05) is 36.9 Å². The predicted molar refractivity (Wildman–Crippen MR) is 86.3 cm³/mol. The van der Waals surface area contributed by atoms with Gasteiger partial charge in [-0.2, -0.15) is 11.3 Å². The minimum atomic E-state index is -0.140. The monoisotopic (exact) mass is 328 g/mol. The Balaban J connectivity index is 1.51. The molecule has 0 bridgehead atoms. The SMILES string of the molecule is O=C(c1ccsc1)N1CC[C@@]2(CC(=O)N(c3cncnc3)C2)C1. The van der Waals surface area contributed by atoms with Crippen LogP contribution in [0.4, 0.5) is 5.69 Å². The summed E-state index contributed by atoms with van der Waals surface area (Å²) in [6.07, 6.45) is 6.12. The highest BCUT2D eigenvalue weighted by Crippen LogP contribution is 2.41. The van der Waals surface area contributed by atoms with E-state index in [0.717, 1.165) is 17.7 Å². The number of carbonyl (C=O) groups is 2. The summed E-state index contributed by atoms with van der Waals surface area (Å²) in [6, 6.07) is 1.85. The molecule has 2 fully saturated rings. The van der Waals surface area contributed by atoms with E-state index >= 15 is 0 Å². The van der Waals surface area contributed by atoms with Crippen molar-refractivity contribution >= 4 is 28.8 Å². The second-order valence-electron chi connectivity index (χ2n) is 6.24. The molecule has 0 aliphatic carbocycles. The Bertz CT molecular complexity index is 734. The van der Waals surface area contributed by atoms with E-state index in [4.69, 9.17) is 0 Å². The predicted octanol–water partition coefficient (Wildman–Crippen LogP) is 1.81. The first-order valence-corrected chi connectivity index (χ1v) is 8.48. The van der Waals surface area contributed by atoms with Crippen molar-refractivity contribution < 1.29 is 9.59 Å². The summed E-state index contributed by atoms with van der Waals surface area (Å²) in [5.74, 6) is 0.154. The largest absolute Gasteiger partial charge is 0.338 e. The van der Waals surface area contributed by atoms with Crippen molar-refractivity contribution in [1.29, 1.82) is 0 Å². The van der Waals surface area contributed by atoms with Crippen molar-refractivity contribution in [2.24, 2.45) is 5.41 Å². The van der Waals surface area contributed by atoms with Crippen LogP contribution in [-0.4, -0.2) is 46.3 Å². The topological polar surface area (TPSA) is 66.4 Å². The van der Waals surface area contributed by atoms with Crippen LogP contribution in [0.15, 0.2) is 35.5 Å². The van der Waals surface area contributed by atoms with Gasteiger partial charge in [-0.1, -0.05) is 0 Å². The quantitative estimate of drug-likeness (QED) is 0.843. The highest BCUT2D eigenvalue weighted by molar-refractivity contribution is 7.08. The average Bonchev–Trinajstić information content (AvgIpc) is 3.29. The van der Waals surface area contributed by atoms with Gasteiger partial charge in [-0.25, -0.2) is 9.97 Å². The van der Waals surface area contributed by atoms with Gasteiger partial charge in [0.25, 0.3) is 5.91 Å². The molecule has 0 radical (unpaired) electrons. The zero-order valence-corrected chi connectivity index (χ0v) is 13.3. The number of rotatable bonds is 2. The van der Waals surface area contributed by atoms with Crippen LogP contribution in [0.3, 0.4) is 0 Å². The minimum absolute atomic E-state index is 0.0667. The fraction of sp³-hybridized carbons (Fsp3) is 0.375. The van der Waals surface area contributed by atoms with E-state index in [0.29, 0.717) is 26.1 Å². The fourth-order valence-corrected chi connectivity index (χ4v) is 4.14. The van der Waals surface area contributed by atoms with Crippen LogP contribution < -0.4 is 4.90 Å². The van der Waals surface area contributed by atoms with Crippen LogP contribution in [0.5, 0.6) is 0 Å². The first-order valence-electron chi connectivity index (χ1n) is 7.54. The van der Waals surface area contributed by atoms with Gasteiger partial charge in [0.2, 0.25) is 5.91 Å². The molecular weight excluding hydrogens is 312 g/mol. The molecular formula is C16H16N4O2S. The highest BCUT2D eigenvalue weighted by Gasteiger charge is 2.49. The summed E-state index contributed by atoms with van der Waals surface area (Å²) in [5, 5.41) is 3.79. The van der Waals surface area contributed by atoms with Crippen molar-refractivity contribution in [2.75, 3.05) is 24.5 Å². The number of anilines is 1. The number of nitrogens with zero attached hydrogens (tertiary/aromatic N) is 4. The molecule has 1 atom stereocenters. The molecule has 2 aromatic rings. The van der Waals surface area contributed by atoms with Gasteiger partial charge in [-0.05, 0) is 17.9 Å². The van der Waals surface area contributed by atoms with E-state index < -0.39 is 0 Å². The molecule has 2 aromatic heterocycles. The average molecular weight is 328 g/mol. The molecule has 0 N–H and O–H groups in total. The smallest absolute Gasteiger partial charge is 0.254 e. The summed E-state index contributed by atoms with van der Waals surface area (Å²) in [5.41, 5.74) is 1.33. The molecule has 0 aromatic carbocycles. The molecule has 0 unspecified atom stereocenters. The van der Waals surface area contributed by atoms with E-state index in [-0.39, 0.29) is 17.2 Å². The summed E-state index contributed by atoms with van der Waals surface area (Å²) in [6.45, 7) is 1.98. The first-order chi connectivity index (χ1) is 11.2. The van der Waals surface area contributed by atoms with Crippen LogP contribution in [-0.2, 0) is 4.79 Å². The molecule has 4 heterocycles. The fourth-order valence-electron chi connectivity index (χ4n) is 3.51. The minimum Gasteiger partial charge on any atom is -0.338 e. The number of amides is 2. The Morgan fingerprint density at radius 3 is 2.83 bits per heavy atom. The lowest BCUT2D eigenvalue weighted by molar-refractivity contribution is -0.117. The third-order valence-corrected chi connectivity index (χ3v) is 5.36. The Kier molecular flexibility index (Phi) is 3.37. The lowest BCUT2D eigenvalue weighted by Crippen LogP contribution is -2.34. The number of aromatic nitrogens is 2. The van der Waals surface area contributed by atoms with Crippen LogP contribution in [0, 0.1) is 5.41 Å². The zero-order chi connectivity index (χ0) is 15.9. The van der Waals surface area contributed by atoms with E-state index in [2.05, 4.69) is 9.97 Å². The van der Waals surface area contributed by atoms with Gasteiger partial charge in [0.15, 0.2) is 0 Å². The van der Waals surface area contributed by atoms with Gasteiger partial charge in [0.1, 0.15) is 6.33 Å². The third-order valence-electron chi connectivity index (χ3n) is 4.67. The number of carbonyl (C=O) groups excluding carboxylic acids is 2. The van der Waals surface area contributed by atoms with Crippen molar-refractivity contribution in [3.63, 3.8) is 0 Å². The summed E-state index contributed by atoms with van der Waals surface area (Å²) >= 11 is 1.52. The van der Waals surface area contributed by atoms with Crippen molar-refractivity contribution in [3.8, 4) is 0 Å². The third kappa shape index (κ3) is 2.50. The second-order valence-corrected chi connectivity index (χ2v) is 7.02. The zero-order valence-electron chi connectivity index (χ0n) is 12.5. The van der Waals surface area contributed by atoms with Crippen LogP contribution in [0.25, 0.3) is 0 Å². The lowest BCUT2D eigenvalue weighted by Gasteiger charge is -2.23. The highest BCUT2D eigenvalue weighted by atomic mass is 32.1. The first kappa shape index (κ1) is 14.3. The van der Waals surface area contributed by atoms with E-state index in [9.17, 15) is 9.59 Å². The molecule has 6 nitrogen and oxygen atoms in total. The molecule has 23 heavy (non-hydrogen) atoms. The Hall–Kier alpha value is -2.28. The van der Waals surface area contributed by atoms with Gasteiger partial charge in [0.05, 0.1) is 23.6 Å². The maximum Gasteiger partial charge on any atom is 0.254 e. The molecule has 118 valence electrons. The second kappa shape index (κ2) is 5.42. The van der Waals surface area contributed by atoms with E-state index in [1.807, 2.05) is 21.7 Å². The van der Waals surface area contributed by atoms with Crippen LogP contribution in [0.2, 0.25) is 0 Å². The summed E-state index contributed by atoms with van der Waals surface area (Å²) < 4.78 is 0. The van der Waals surface area contributed by atoms with Crippen LogP contribution in [0.1, 0.15) is 23.2 Å². The van der Waals surface area contributed by atoms with E-state index in [1.54, 1.807) is 17.3 Å². The Morgan fingerprint density at radius 2 is 2.09 bits per heavy atom. The molecule has 2 aliphatic heterocycles. The number of hydrogen-bond donors (Lipinski definition) is 0. The Morgan fingerprint density at radius 1 is 1.26 bits per heavy atom. The van der Waals surface area contributed by atoms with Crippen molar-refractivity contribution in [2.45, 2.75) is 12.8 Å². The lowest BCUT2D eigenvalue weighted by atomic mass is 9.86. The van der Waals surface area contributed by atoms with Crippen LogP contribution >= 0.6 is 11.3 Å². The maximum absolute atomic E-state index is 12.5. The molecule has 4 rings (SSSR count).